The lowest BCUT2D eigenvalue weighted by Gasteiger charge is -2.24. The molecule has 26 heteroatoms. The maximum absolute atomic E-state index is 13.2. The Balaban J connectivity index is 5.48. The van der Waals surface area contributed by atoms with Crippen LogP contribution in [0.4, 0.5) is 0 Å². The summed E-state index contributed by atoms with van der Waals surface area (Å²) in [6.07, 6.45) is -2.51. The van der Waals surface area contributed by atoms with Gasteiger partial charge in [-0.1, -0.05) is 13.8 Å². The van der Waals surface area contributed by atoms with Crippen LogP contribution in [-0.4, -0.2) is 154 Å². The van der Waals surface area contributed by atoms with Crippen LogP contribution in [-0.2, 0) is 52.7 Å². The molecule has 0 saturated heterocycles. The first-order chi connectivity index (χ1) is 28.4. The third kappa shape index (κ3) is 23.1. The highest BCUT2D eigenvalue weighted by atomic mass is 32.1. The quantitative estimate of drug-likeness (QED) is 0.0236. The number of hydrogen-bond acceptors (Lipinski definition) is 15. The lowest BCUT2D eigenvalue weighted by Crippen LogP contribution is -2.58. The molecule has 0 radical (unpaired) electrons. The molecule has 346 valence electrons. The Hall–Kier alpha value is -5.60. The van der Waals surface area contributed by atoms with Gasteiger partial charge in [0.15, 0.2) is 0 Å². The molecule has 17 N–H and O–H groups in total. The molecule has 0 unspecified atom stereocenters. The van der Waals surface area contributed by atoms with E-state index in [9.17, 15) is 68.1 Å². The van der Waals surface area contributed by atoms with Gasteiger partial charge < -0.3 is 75.1 Å². The van der Waals surface area contributed by atoms with Gasteiger partial charge in [-0.15, -0.1) is 0 Å². The van der Waals surface area contributed by atoms with E-state index in [4.69, 9.17) is 17.2 Å². The number of primary amides is 1. The van der Waals surface area contributed by atoms with Crippen molar-refractivity contribution in [2.75, 3.05) is 25.4 Å². The Kier molecular flexibility index (Phi) is 26.1. The summed E-state index contributed by atoms with van der Waals surface area (Å²) >= 11 is 4.06. The topological polar surface area (TPSA) is 423 Å². The maximum Gasteiger partial charge on any atom is 0.326 e. The number of aliphatic carboxylic acids is 2. The fourth-order valence-corrected chi connectivity index (χ4v) is 5.44. The molecule has 0 fully saturated rings. The van der Waals surface area contributed by atoms with E-state index in [1.54, 1.807) is 0 Å². The summed E-state index contributed by atoms with van der Waals surface area (Å²) in [5.74, 6) is -11.5. The minimum absolute atomic E-state index is 0.0357. The Labute approximate surface area is 357 Å². The first-order valence-corrected chi connectivity index (χ1v) is 19.9. The van der Waals surface area contributed by atoms with Crippen LogP contribution in [0.2, 0.25) is 0 Å². The molecule has 0 aromatic heterocycles. The average Bonchev–Trinajstić information content (AvgIpc) is 3.16. The first kappa shape index (κ1) is 55.4. The van der Waals surface area contributed by atoms with E-state index in [0.717, 1.165) is 6.92 Å². The van der Waals surface area contributed by atoms with Crippen molar-refractivity contribution in [2.45, 2.75) is 121 Å². The SMILES string of the molecule is CC(C)C[C@H](N)C(=O)N[C@@H](CS)C(=O)N[C@@H](C)C(=O)NCC(=O)N[C@H](C(=O)NCC(=O)N[C@@H](CCC(=O)O)C(=O)N[C@@H](CC(N)=O)C(=O)N[C@@H](CCCCN)C(=O)O)[C@@H](C)O. The number of unbranched alkanes of at least 4 members (excludes halogenated alkanes) is 1. The number of amides is 9. The van der Waals surface area contributed by atoms with Gasteiger partial charge in [0, 0.05) is 12.2 Å². The molecule has 0 aliphatic carbocycles. The van der Waals surface area contributed by atoms with Crippen LogP contribution >= 0.6 is 12.6 Å². The second-order valence-corrected chi connectivity index (χ2v) is 14.8. The highest BCUT2D eigenvalue weighted by molar-refractivity contribution is 7.80. The maximum atomic E-state index is 13.2. The number of carbonyl (C=O) groups excluding carboxylic acids is 9. The molecule has 61 heavy (non-hydrogen) atoms. The third-order valence-electron chi connectivity index (χ3n) is 8.46. The molecule has 0 aliphatic heterocycles. The Morgan fingerprint density at radius 1 is 0.623 bits per heavy atom. The lowest BCUT2D eigenvalue weighted by atomic mass is 10.0. The van der Waals surface area contributed by atoms with Crippen molar-refractivity contribution in [3.8, 4) is 0 Å². The number of carbonyl (C=O) groups is 11. The van der Waals surface area contributed by atoms with Crippen molar-refractivity contribution in [2.24, 2.45) is 23.1 Å². The lowest BCUT2D eigenvalue weighted by molar-refractivity contribution is -0.142. The molecular weight excluding hydrogens is 831 g/mol. The van der Waals surface area contributed by atoms with Crippen molar-refractivity contribution < 1.29 is 68.1 Å². The summed E-state index contributed by atoms with van der Waals surface area (Å²) in [6, 6.07) is -9.76. The van der Waals surface area contributed by atoms with Gasteiger partial charge in [-0.3, -0.25) is 47.9 Å². The van der Waals surface area contributed by atoms with Crippen LogP contribution in [0.1, 0.15) is 72.6 Å². The van der Waals surface area contributed by atoms with Crippen molar-refractivity contribution >= 4 is 77.7 Å². The minimum Gasteiger partial charge on any atom is -0.481 e. The predicted molar refractivity (Wildman–Crippen MR) is 217 cm³/mol. The zero-order chi connectivity index (χ0) is 47.0. The third-order valence-corrected chi connectivity index (χ3v) is 8.82. The molecule has 0 aromatic carbocycles. The summed E-state index contributed by atoms with van der Waals surface area (Å²) in [6.45, 7) is 4.77. The molecule has 0 heterocycles. The highest BCUT2D eigenvalue weighted by Crippen LogP contribution is 2.06. The summed E-state index contributed by atoms with van der Waals surface area (Å²) in [7, 11) is 0. The van der Waals surface area contributed by atoms with Crippen LogP contribution in [0.5, 0.6) is 0 Å². The van der Waals surface area contributed by atoms with Crippen LogP contribution in [0, 0.1) is 5.92 Å². The van der Waals surface area contributed by atoms with E-state index >= 15 is 0 Å². The summed E-state index contributed by atoms with van der Waals surface area (Å²) in [5.41, 5.74) is 16.5. The predicted octanol–water partition coefficient (Wildman–Crippen LogP) is -6.21. The normalized spacial score (nSPS) is 14.8. The zero-order valence-electron chi connectivity index (χ0n) is 34.5. The van der Waals surface area contributed by atoms with Gasteiger partial charge >= 0.3 is 11.9 Å². The highest BCUT2D eigenvalue weighted by Gasteiger charge is 2.32. The second kappa shape index (κ2) is 28.8. The monoisotopic (exact) mass is 891 g/mol. The van der Waals surface area contributed by atoms with Gasteiger partial charge in [0.05, 0.1) is 31.7 Å². The molecule has 25 nitrogen and oxygen atoms in total. The Bertz CT molecular complexity index is 1570. The van der Waals surface area contributed by atoms with E-state index in [-0.39, 0.29) is 24.6 Å². The van der Waals surface area contributed by atoms with Crippen molar-refractivity contribution in [1.82, 2.24) is 42.5 Å². The molecular formula is C35H61N11O14S. The van der Waals surface area contributed by atoms with E-state index in [1.165, 1.54) is 6.92 Å². The second-order valence-electron chi connectivity index (χ2n) is 14.4. The van der Waals surface area contributed by atoms with Gasteiger partial charge in [-0.25, -0.2) is 4.79 Å². The zero-order valence-corrected chi connectivity index (χ0v) is 35.4. The van der Waals surface area contributed by atoms with E-state index in [1.807, 2.05) is 13.8 Å². The number of nitrogens with two attached hydrogens (primary N) is 3. The fraction of sp³-hybridized carbons (Fsp3) is 0.686. The number of rotatable bonds is 30. The largest absolute Gasteiger partial charge is 0.481 e. The number of carboxylic acids is 2. The number of hydrogen-bond donors (Lipinski definition) is 15. The number of carboxylic acid groups (broad SMARTS) is 2. The van der Waals surface area contributed by atoms with Crippen molar-refractivity contribution in [1.29, 1.82) is 0 Å². The number of thiol groups is 1. The summed E-state index contributed by atoms with van der Waals surface area (Å²) < 4.78 is 0. The van der Waals surface area contributed by atoms with Crippen LogP contribution < -0.4 is 59.7 Å². The van der Waals surface area contributed by atoms with Gasteiger partial charge in [0.1, 0.15) is 36.3 Å². The average molecular weight is 892 g/mol. The van der Waals surface area contributed by atoms with Crippen LogP contribution in [0.15, 0.2) is 0 Å². The molecule has 0 saturated carbocycles. The minimum atomic E-state index is -1.74. The molecule has 0 rings (SSSR count). The number of nitrogens with one attached hydrogen (secondary N) is 8. The van der Waals surface area contributed by atoms with Gasteiger partial charge in [0.2, 0.25) is 53.2 Å². The molecule has 0 spiro atoms. The van der Waals surface area contributed by atoms with E-state index in [0.29, 0.717) is 19.3 Å². The Morgan fingerprint density at radius 2 is 1.15 bits per heavy atom. The molecule has 9 amide bonds. The van der Waals surface area contributed by atoms with Crippen molar-refractivity contribution in [3.63, 3.8) is 0 Å². The van der Waals surface area contributed by atoms with Crippen LogP contribution in [0.25, 0.3) is 0 Å². The van der Waals surface area contributed by atoms with E-state index < -0.39 is 146 Å². The van der Waals surface area contributed by atoms with Gasteiger partial charge in [-0.2, -0.15) is 12.6 Å². The van der Waals surface area contributed by atoms with Gasteiger partial charge in [0.25, 0.3) is 0 Å². The molecule has 0 bridgehead atoms. The van der Waals surface area contributed by atoms with E-state index in [2.05, 4.69) is 55.2 Å². The van der Waals surface area contributed by atoms with Crippen molar-refractivity contribution in [3.05, 3.63) is 0 Å². The molecule has 0 aliphatic rings. The summed E-state index contributed by atoms with van der Waals surface area (Å²) in [5, 5.41) is 46.7. The Morgan fingerprint density at radius 3 is 1.66 bits per heavy atom. The standard InChI is InChI=1S/C35H61N11O14S/c1-16(2)11-19(37)30(54)45-23(15-61)33(57)41-17(3)29(53)39-14-26(50)46-28(18(4)47)34(58)40-13-25(49)42-20(8-9-27(51)52)31(55)44-22(12-24(38)48)32(56)43-21(35(59)60)7-5-6-10-36/h16-23,28,47,61H,5-15,36-37H2,1-4H3,(H2,38,48)(H,39,53)(H,40,58)(H,41,57)(H,42,49)(H,43,56)(H,44,55)(H,45,54)(H,46,50)(H,51,52)(H,59,60)/t17-,18+,19-,20-,21-,22-,23-,28-/m0/s1. The molecule has 0 aromatic rings. The smallest absolute Gasteiger partial charge is 0.326 e. The molecule has 8 atom stereocenters. The van der Waals surface area contributed by atoms with Gasteiger partial charge in [-0.05, 0) is 58.4 Å². The first-order valence-electron chi connectivity index (χ1n) is 19.3. The van der Waals surface area contributed by atoms with Crippen LogP contribution in [0.3, 0.4) is 0 Å². The number of aliphatic hydroxyl groups excluding tert-OH is 1. The fourth-order valence-electron chi connectivity index (χ4n) is 5.18. The number of aliphatic hydroxyl groups is 1. The summed E-state index contributed by atoms with van der Waals surface area (Å²) in [4.78, 5) is 137.